The number of rotatable bonds is 4. The standard InChI is InChI=1S/C16H18BrFN2O/c17-12-8-11-4-5-16(20-15(11)9-13(12)18)19-14-3-1-2-10(14)6-7-21/h4-5,8-10,14,21H,1-3,6-7H2,(H,19,20). The van der Waals surface area contributed by atoms with Crippen LogP contribution in [0, 0.1) is 11.7 Å². The van der Waals surface area contributed by atoms with E-state index in [4.69, 9.17) is 5.11 Å². The van der Waals surface area contributed by atoms with Crippen molar-refractivity contribution in [2.45, 2.75) is 31.7 Å². The number of aliphatic hydroxyl groups excluding tert-OH is 1. The first-order valence-electron chi connectivity index (χ1n) is 7.30. The Labute approximate surface area is 131 Å². The number of nitrogens with one attached hydrogen (secondary N) is 1. The van der Waals surface area contributed by atoms with Gasteiger partial charge < -0.3 is 10.4 Å². The third kappa shape index (κ3) is 3.19. The van der Waals surface area contributed by atoms with Crippen LogP contribution in [0.15, 0.2) is 28.7 Å². The van der Waals surface area contributed by atoms with Gasteiger partial charge >= 0.3 is 0 Å². The summed E-state index contributed by atoms with van der Waals surface area (Å²) in [6.45, 7) is 0.229. The van der Waals surface area contributed by atoms with Gasteiger partial charge in [-0.1, -0.05) is 6.42 Å². The summed E-state index contributed by atoms with van der Waals surface area (Å²) in [6.07, 6.45) is 4.25. The Bertz CT molecular complexity index is 649. The summed E-state index contributed by atoms with van der Waals surface area (Å²) in [5.74, 6) is 0.972. The van der Waals surface area contributed by atoms with E-state index in [2.05, 4.69) is 26.2 Å². The number of hydrogen-bond acceptors (Lipinski definition) is 3. The summed E-state index contributed by atoms with van der Waals surface area (Å²) in [5.41, 5.74) is 0.650. The topological polar surface area (TPSA) is 45.1 Å². The highest BCUT2D eigenvalue weighted by molar-refractivity contribution is 9.10. The smallest absolute Gasteiger partial charge is 0.139 e. The number of anilines is 1. The Kier molecular flexibility index (Phi) is 4.40. The number of benzene rings is 1. The molecule has 0 amide bonds. The van der Waals surface area contributed by atoms with E-state index in [0.717, 1.165) is 30.5 Å². The van der Waals surface area contributed by atoms with E-state index in [9.17, 15) is 4.39 Å². The molecule has 2 aromatic rings. The maximum Gasteiger partial charge on any atom is 0.139 e. The van der Waals surface area contributed by atoms with Crippen LogP contribution < -0.4 is 5.32 Å². The summed E-state index contributed by atoms with van der Waals surface area (Å²) in [6, 6.07) is 7.42. The molecule has 1 saturated carbocycles. The van der Waals surface area contributed by atoms with Gasteiger partial charge in [0.25, 0.3) is 0 Å². The molecule has 2 N–H and O–H groups in total. The molecule has 1 aromatic heterocycles. The molecular formula is C16H18BrFN2O. The normalized spacial score (nSPS) is 21.9. The molecule has 1 aromatic carbocycles. The molecule has 5 heteroatoms. The Hall–Kier alpha value is -1.20. The average molecular weight is 353 g/mol. The maximum absolute atomic E-state index is 13.6. The van der Waals surface area contributed by atoms with Crippen molar-refractivity contribution < 1.29 is 9.50 Å². The molecule has 3 nitrogen and oxygen atoms in total. The van der Waals surface area contributed by atoms with Crippen molar-refractivity contribution >= 4 is 32.7 Å². The molecule has 0 saturated heterocycles. The van der Waals surface area contributed by atoms with Crippen molar-refractivity contribution in [3.05, 3.63) is 34.6 Å². The highest BCUT2D eigenvalue weighted by Gasteiger charge is 2.26. The highest BCUT2D eigenvalue weighted by atomic mass is 79.9. The fraction of sp³-hybridized carbons (Fsp3) is 0.438. The number of aromatic nitrogens is 1. The minimum atomic E-state index is -0.300. The van der Waals surface area contributed by atoms with Crippen LogP contribution in [0.4, 0.5) is 10.2 Å². The van der Waals surface area contributed by atoms with Crippen LogP contribution in [0.1, 0.15) is 25.7 Å². The monoisotopic (exact) mass is 352 g/mol. The van der Waals surface area contributed by atoms with Crippen molar-refractivity contribution in [3.8, 4) is 0 Å². The van der Waals surface area contributed by atoms with E-state index in [0.29, 0.717) is 21.9 Å². The Morgan fingerprint density at radius 3 is 3.00 bits per heavy atom. The molecule has 0 spiro atoms. The summed E-state index contributed by atoms with van der Waals surface area (Å²) >= 11 is 3.19. The third-order valence-electron chi connectivity index (χ3n) is 4.22. The van der Waals surface area contributed by atoms with Crippen LogP contribution in [0.25, 0.3) is 10.9 Å². The SMILES string of the molecule is OCCC1CCCC1Nc1ccc2cc(Br)c(F)cc2n1. The van der Waals surface area contributed by atoms with Gasteiger partial charge in [-0.15, -0.1) is 0 Å². The Morgan fingerprint density at radius 2 is 2.19 bits per heavy atom. The fourth-order valence-electron chi connectivity index (χ4n) is 3.13. The van der Waals surface area contributed by atoms with E-state index in [1.807, 2.05) is 12.1 Å². The molecule has 0 radical (unpaired) electrons. The molecule has 1 fully saturated rings. The minimum Gasteiger partial charge on any atom is -0.396 e. The first-order valence-corrected chi connectivity index (χ1v) is 8.10. The van der Waals surface area contributed by atoms with Gasteiger partial charge in [0.1, 0.15) is 11.6 Å². The van der Waals surface area contributed by atoms with E-state index < -0.39 is 0 Å². The summed E-state index contributed by atoms with van der Waals surface area (Å²) in [7, 11) is 0. The zero-order valence-corrected chi connectivity index (χ0v) is 13.2. The fourth-order valence-corrected chi connectivity index (χ4v) is 3.49. The van der Waals surface area contributed by atoms with Gasteiger partial charge in [-0.3, -0.25) is 0 Å². The lowest BCUT2D eigenvalue weighted by Crippen LogP contribution is -2.25. The summed E-state index contributed by atoms with van der Waals surface area (Å²) in [4.78, 5) is 4.50. The van der Waals surface area contributed by atoms with E-state index in [1.165, 1.54) is 12.5 Å². The lowest BCUT2D eigenvalue weighted by molar-refractivity contribution is 0.254. The molecule has 1 aliphatic rings. The van der Waals surface area contributed by atoms with Crippen LogP contribution in [0.5, 0.6) is 0 Å². The lowest BCUT2D eigenvalue weighted by Gasteiger charge is -2.21. The van der Waals surface area contributed by atoms with Crippen LogP contribution in [-0.2, 0) is 0 Å². The van der Waals surface area contributed by atoms with Crippen LogP contribution in [0.3, 0.4) is 0 Å². The van der Waals surface area contributed by atoms with Gasteiger partial charge in [0.05, 0.1) is 9.99 Å². The molecular weight excluding hydrogens is 335 g/mol. The van der Waals surface area contributed by atoms with E-state index in [-0.39, 0.29) is 12.4 Å². The number of aliphatic hydroxyl groups is 1. The van der Waals surface area contributed by atoms with Crippen molar-refractivity contribution in [2.24, 2.45) is 5.92 Å². The largest absolute Gasteiger partial charge is 0.396 e. The number of hydrogen-bond donors (Lipinski definition) is 2. The van der Waals surface area contributed by atoms with Crippen LogP contribution >= 0.6 is 15.9 Å². The predicted octanol–water partition coefficient (Wildman–Crippen LogP) is 4.10. The molecule has 3 rings (SSSR count). The number of halogens is 2. The van der Waals surface area contributed by atoms with Crippen molar-refractivity contribution in [1.29, 1.82) is 0 Å². The molecule has 2 unspecified atom stereocenters. The van der Waals surface area contributed by atoms with E-state index in [1.54, 1.807) is 6.07 Å². The lowest BCUT2D eigenvalue weighted by atomic mass is 10.00. The number of fused-ring (bicyclic) bond motifs is 1. The zero-order chi connectivity index (χ0) is 14.8. The van der Waals surface area contributed by atoms with Crippen LogP contribution in [-0.4, -0.2) is 22.7 Å². The Balaban J connectivity index is 1.82. The van der Waals surface area contributed by atoms with Crippen LogP contribution in [0.2, 0.25) is 0 Å². The quantitative estimate of drug-likeness (QED) is 0.870. The summed E-state index contributed by atoms with van der Waals surface area (Å²) < 4.78 is 14.1. The van der Waals surface area contributed by atoms with Crippen molar-refractivity contribution in [3.63, 3.8) is 0 Å². The second-order valence-corrected chi connectivity index (χ2v) is 6.46. The molecule has 2 atom stereocenters. The minimum absolute atomic E-state index is 0.229. The molecule has 112 valence electrons. The zero-order valence-electron chi connectivity index (χ0n) is 11.6. The third-order valence-corrected chi connectivity index (χ3v) is 4.83. The van der Waals surface area contributed by atoms with Gasteiger partial charge in [0.2, 0.25) is 0 Å². The maximum atomic E-state index is 13.6. The molecule has 0 aliphatic heterocycles. The molecule has 1 heterocycles. The van der Waals surface area contributed by atoms with Gasteiger partial charge in [0.15, 0.2) is 0 Å². The second-order valence-electron chi connectivity index (χ2n) is 5.61. The molecule has 0 bridgehead atoms. The van der Waals surface area contributed by atoms with Gasteiger partial charge in [-0.05, 0) is 59.3 Å². The average Bonchev–Trinajstić information content (AvgIpc) is 2.88. The number of pyridine rings is 1. The second kappa shape index (κ2) is 6.28. The highest BCUT2D eigenvalue weighted by Crippen LogP contribution is 2.31. The predicted molar refractivity (Wildman–Crippen MR) is 85.9 cm³/mol. The first-order chi connectivity index (χ1) is 10.2. The van der Waals surface area contributed by atoms with Crippen molar-refractivity contribution in [2.75, 3.05) is 11.9 Å². The Morgan fingerprint density at radius 1 is 1.33 bits per heavy atom. The summed E-state index contributed by atoms with van der Waals surface area (Å²) in [5, 5.41) is 13.5. The molecule has 1 aliphatic carbocycles. The first kappa shape index (κ1) is 14.7. The van der Waals surface area contributed by atoms with Gasteiger partial charge in [-0.2, -0.15) is 0 Å². The molecule has 21 heavy (non-hydrogen) atoms. The number of nitrogens with zero attached hydrogens (tertiary/aromatic N) is 1. The van der Waals surface area contributed by atoms with E-state index >= 15 is 0 Å². The van der Waals surface area contributed by atoms with Crippen molar-refractivity contribution in [1.82, 2.24) is 4.98 Å². The van der Waals surface area contributed by atoms with Gasteiger partial charge in [0, 0.05) is 24.1 Å². The van der Waals surface area contributed by atoms with Gasteiger partial charge in [-0.25, -0.2) is 9.37 Å².